The minimum Gasteiger partial charge on any atom is -0.327 e. The van der Waals surface area contributed by atoms with Crippen LogP contribution in [0.1, 0.15) is 20.3 Å². The van der Waals surface area contributed by atoms with Crippen LogP contribution in [0.5, 0.6) is 0 Å². The number of hydrogen-bond donors (Lipinski definition) is 2. The topological polar surface area (TPSA) is 38.0 Å². The predicted octanol–water partition coefficient (Wildman–Crippen LogP) is 1.18. The van der Waals surface area contributed by atoms with Crippen molar-refractivity contribution in [2.24, 2.45) is 11.1 Å². The third-order valence-electron chi connectivity index (χ3n) is 1.82. The van der Waals surface area contributed by atoms with Crippen LogP contribution in [0.3, 0.4) is 0 Å². The van der Waals surface area contributed by atoms with Crippen molar-refractivity contribution in [3.8, 4) is 0 Å². The molecule has 1 aliphatic rings. The van der Waals surface area contributed by atoms with Gasteiger partial charge in [-0.05, 0) is 11.8 Å². The Hall–Kier alpha value is 0.500. The molecule has 0 spiro atoms. The zero-order valence-electron chi connectivity index (χ0n) is 7.09. The largest absolute Gasteiger partial charge is 0.327 e. The molecule has 1 rings (SSSR count). The fourth-order valence-electron chi connectivity index (χ4n) is 1.45. The summed E-state index contributed by atoms with van der Waals surface area (Å²) in [7, 11) is 0. The standard InChI is InChI=1S/C7H16N2.2ClH/c1-7(2)3-6(8)4-9-5-7;;/h6,9H,3-5,8H2,1-2H3;2*1H/t6-;;/m1../s1. The molecule has 0 amide bonds. The van der Waals surface area contributed by atoms with Gasteiger partial charge in [0.15, 0.2) is 0 Å². The van der Waals surface area contributed by atoms with Crippen molar-refractivity contribution in [3.05, 3.63) is 0 Å². The molecule has 1 fully saturated rings. The number of piperidine rings is 1. The Morgan fingerprint density at radius 3 is 2.18 bits per heavy atom. The van der Waals surface area contributed by atoms with E-state index in [2.05, 4.69) is 19.2 Å². The van der Waals surface area contributed by atoms with E-state index in [9.17, 15) is 0 Å². The van der Waals surface area contributed by atoms with E-state index in [0.717, 1.165) is 19.5 Å². The van der Waals surface area contributed by atoms with Crippen LogP contribution in [-0.4, -0.2) is 19.1 Å². The first kappa shape index (κ1) is 14.0. The third-order valence-corrected chi connectivity index (χ3v) is 1.82. The van der Waals surface area contributed by atoms with Crippen LogP contribution in [0, 0.1) is 5.41 Å². The number of hydrogen-bond acceptors (Lipinski definition) is 2. The Bertz CT molecular complexity index is 107. The molecular formula is C7H18Cl2N2. The van der Waals surface area contributed by atoms with Gasteiger partial charge in [-0.15, -0.1) is 24.8 Å². The van der Waals surface area contributed by atoms with Gasteiger partial charge in [-0.25, -0.2) is 0 Å². The van der Waals surface area contributed by atoms with E-state index < -0.39 is 0 Å². The molecule has 0 radical (unpaired) electrons. The molecule has 1 aliphatic heterocycles. The van der Waals surface area contributed by atoms with E-state index in [4.69, 9.17) is 5.73 Å². The van der Waals surface area contributed by atoms with Gasteiger partial charge < -0.3 is 11.1 Å². The Kier molecular flexibility index (Phi) is 6.64. The molecule has 1 saturated heterocycles. The van der Waals surface area contributed by atoms with Gasteiger partial charge >= 0.3 is 0 Å². The molecule has 1 heterocycles. The fourth-order valence-corrected chi connectivity index (χ4v) is 1.45. The quantitative estimate of drug-likeness (QED) is 0.617. The molecular weight excluding hydrogens is 183 g/mol. The van der Waals surface area contributed by atoms with Crippen molar-refractivity contribution in [1.29, 1.82) is 0 Å². The summed E-state index contributed by atoms with van der Waals surface area (Å²) in [6, 6.07) is 0.369. The van der Waals surface area contributed by atoms with Crippen LogP contribution in [0.15, 0.2) is 0 Å². The Balaban J connectivity index is 0. The monoisotopic (exact) mass is 200 g/mol. The van der Waals surface area contributed by atoms with Crippen molar-refractivity contribution in [3.63, 3.8) is 0 Å². The average molecular weight is 201 g/mol. The lowest BCUT2D eigenvalue weighted by Gasteiger charge is -2.33. The molecule has 3 N–H and O–H groups in total. The molecule has 70 valence electrons. The highest BCUT2D eigenvalue weighted by Crippen LogP contribution is 2.22. The Labute approximate surface area is 81.1 Å². The Morgan fingerprint density at radius 1 is 1.36 bits per heavy atom. The van der Waals surface area contributed by atoms with Crippen molar-refractivity contribution in [1.82, 2.24) is 5.32 Å². The lowest BCUT2D eigenvalue weighted by atomic mass is 9.83. The molecule has 0 aromatic heterocycles. The number of nitrogens with two attached hydrogens (primary N) is 1. The molecule has 0 aliphatic carbocycles. The first-order valence-electron chi connectivity index (χ1n) is 3.56. The Morgan fingerprint density at radius 2 is 1.91 bits per heavy atom. The van der Waals surface area contributed by atoms with Gasteiger partial charge in [0.2, 0.25) is 0 Å². The summed E-state index contributed by atoms with van der Waals surface area (Å²) in [5.41, 5.74) is 6.16. The van der Waals surface area contributed by atoms with Crippen molar-refractivity contribution < 1.29 is 0 Å². The van der Waals surface area contributed by atoms with Crippen molar-refractivity contribution >= 4 is 24.8 Å². The first-order chi connectivity index (χ1) is 4.10. The maximum Gasteiger partial charge on any atom is 0.0170 e. The molecule has 11 heavy (non-hydrogen) atoms. The van der Waals surface area contributed by atoms with E-state index in [1.165, 1.54) is 0 Å². The summed E-state index contributed by atoms with van der Waals surface area (Å²) in [6.45, 7) is 6.60. The summed E-state index contributed by atoms with van der Waals surface area (Å²) >= 11 is 0. The van der Waals surface area contributed by atoms with Gasteiger partial charge in [-0.3, -0.25) is 0 Å². The number of nitrogens with one attached hydrogen (secondary N) is 1. The van der Waals surface area contributed by atoms with Crippen molar-refractivity contribution in [2.75, 3.05) is 13.1 Å². The highest BCUT2D eigenvalue weighted by atomic mass is 35.5. The summed E-state index contributed by atoms with van der Waals surface area (Å²) in [5, 5.41) is 3.30. The van der Waals surface area contributed by atoms with E-state index in [0.29, 0.717) is 11.5 Å². The third kappa shape index (κ3) is 4.86. The van der Waals surface area contributed by atoms with E-state index in [1.807, 2.05) is 0 Å². The van der Waals surface area contributed by atoms with Crippen LogP contribution in [0.4, 0.5) is 0 Å². The molecule has 0 bridgehead atoms. The lowest BCUT2D eigenvalue weighted by Crippen LogP contribution is -2.47. The first-order valence-corrected chi connectivity index (χ1v) is 3.56. The minimum absolute atomic E-state index is 0. The van der Waals surface area contributed by atoms with Gasteiger partial charge in [-0.2, -0.15) is 0 Å². The summed E-state index contributed by atoms with van der Waals surface area (Å²) in [5.74, 6) is 0. The van der Waals surface area contributed by atoms with E-state index >= 15 is 0 Å². The zero-order valence-corrected chi connectivity index (χ0v) is 8.73. The van der Waals surface area contributed by atoms with Gasteiger partial charge in [0, 0.05) is 19.1 Å². The van der Waals surface area contributed by atoms with Gasteiger partial charge in [-0.1, -0.05) is 13.8 Å². The lowest BCUT2D eigenvalue weighted by molar-refractivity contribution is 0.241. The molecule has 2 nitrogen and oxygen atoms in total. The second-order valence-corrected chi connectivity index (χ2v) is 3.76. The van der Waals surface area contributed by atoms with Gasteiger partial charge in [0.05, 0.1) is 0 Å². The average Bonchev–Trinajstić information content (AvgIpc) is 1.60. The smallest absolute Gasteiger partial charge is 0.0170 e. The van der Waals surface area contributed by atoms with E-state index in [-0.39, 0.29) is 24.8 Å². The highest BCUT2D eigenvalue weighted by Gasteiger charge is 2.24. The van der Waals surface area contributed by atoms with Crippen molar-refractivity contribution in [2.45, 2.75) is 26.3 Å². The van der Waals surface area contributed by atoms with Gasteiger partial charge in [0.25, 0.3) is 0 Å². The molecule has 0 aromatic carbocycles. The molecule has 0 saturated carbocycles. The predicted molar refractivity (Wildman–Crippen MR) is 53.7 cm³/mol. The zero-order chi connectivity index (χ0) is 6.91. The van der Waals surface area contributed by atoms with Crippen LogP contribution in [0.2, 0.25) is 0 Å². The molecule has 1 atom stereocenters. The number of halogens is 2. The van der Waals surface area contributed by atoms with Crippen LogP contribution >= 0.6 is 24.8 Å². The molecule has 0 aromatic rings. The van der Waals surface area contributed by atoms with E-state index in [1.54, 1.807) is 0 Å². The second-order valence-electron chi connectivity index (χ2n) is 3.76. The van der Waals surface area contributed by atoms with Gasteiger partial charge in [0.1, 0.15) is 0 Å². The number of rotatable bonds is 0. The second kappa shape index (κ2) is 5.20. The summed E-state index contributed by atoms with van der Waals surface area (Å²) in [4.78, 5) is 0. The summed E-state index contributed by atoms with van der Waals surface area (Å²) in [6.07, 6.45) is 1.15. The van der Waals surface area contributed by atoms with Crippen LogP contribution in [0.25, 0.3) is 0 Å². The minimum atomic E-state index is 0. The molecule has 0 unspecified atom stereocenters. The van der Waals surface area contributed by atoms with Crippen LogP contribution in [-0.2, 0) is 0 Å². The maximum absolute atomic E-state index is 5.75. The highest BCUT2D eigenvalue weighted by molar-refractivity contribution is 5.85. The van der Waals surface area contributed by atoms with Crippen LogP contribution < -0.4 is 11.1 Å². The normalized spacial score (nSPS) is 28.1. The summed E-state index contributed by atoms with van der Waals surface area (Å²) < 4.78 is 0. The maximum atomic E-state index is 5.75. The SMILES string of the molecule is CC1(C)CNC[C@H](N)C1.Cl.Cl. The molecule has 4 heteroatoms. The fraction of sp³-hybridized carbons (Fsp3) is 1.00.